The first kappa shape index (κ1) is 15.7. The number of Topliss-reactive ketones (excluding diaryl/α,β-unsaturated/α-hetero) is 1. The third kappa shape index (κ3) is 2.83. The summed E-state index contributed by atoms with van der Waals surface area (Å²) in [5.41, 5.74) is -0.325. The molecule has 0 aromatic carbocycles. The van der Waals surface area contributed by atoms with Crippen LogP contribution in [0.1, 0.15) is 34.1 Å². The molecule has 4 nitrogen and oxygen atoms in total. The Hall–Kier alpha value is -0.710. The molecule has 5 atom stereocenters. The van der Waals surface area contributed by atoms with Crippen LogP contribution in [-0.2, 0) is 14.3 Å². The number of carbonyl (C=O) groups is 1. The first-order valence-electron chi connectivity index (χ1n) is 7.38. The first-order valence-corrected chi connectivity index (χ1v) is 7.38. The van der Waals surface area contributed by atoms with Gasteiger partial charge < -0.3 is 14.6 Å². The SMILES string of the molecule is COC1C2C=CC(C)(C)OC2CC(O)C1C(=O)C(C)C. The van der Waals surface area contributed by atoms with Crippen LogP contribution in [0.5, 0.6) is 0 Å². The Morgan fingerprint density at radius 1 is 1.45 bits per heavy atom. The molecule has 0 spiro atoms. The van der Waals surface area contributed by atoms with E-state index in [1.807, 2.05) is 33.8 Å². The van der Waals surface area contributed by atoms with E-state index in [-0.39, 0.29) is 35.4 Å². The second-order valence-electron chi connectivity index (χ2n) is 6.78. The summed E-state index contributed by atoms with van der Waals surface area (Å²) in [4.78, 5) is 12.4. The zero-order chi connectivity index (χ0) is 15.1. The third-order valence-corrected chi connectivity index (χ3v) is 4.40. The van der Waals surface area contributed by atoms with Crippen LogP contribution in [0.3, 0.4) is 0 Å². The minimum absolute atomic E-state index is 0.0316. The third-order valence-electron chi connectivity index (χ3n) is 4.40. The molecule has 114 valence electrons. The van der Waals surface area contributed by atoms with Crippen molar-refractivity contribution in [3.8, 4) is 0 Å². The van der Waals surface area contributed by atoms with E-state index in [1.54, 1.807) is 7.11 Å². The Morgan fingerprint density at radius 3 is 2.65 bits per heavy atom. The molecule has 0 aromatic heterocycles. The van der Waals surface area contributed by atoms with Gasteiger partial charge in [0, 0.05) is 25.4 Å². The van der Waals surface area contributed by atoms with Crippen LogP contribution < -0.4 is 0 Å². The first-order chi connectivity index (χ1) is 9.26. The molecule has 1 N–H and O–H groups in total. The molecular weight excluding hydrogens is 256 g/mol. The fraction of sp³-hybridized carbons (Fsp3) is 0.812. The van der Waals surface area contributed by atoms with E-state index in [0.29, 0.717) is 6.42 Å². The van der Waals surface area contributed by atoms with Crippen molar-refractivity contribution in [1.82, 2.24) is 0 Å². The van der Waals surface area contributed by atoms with Crippen molar-refractivity contribution in [1.29, 1.82) is 0 Å². The van der Waals surface area contributed by atoms with Crippen molar-refractivity contribution in [3.05, 3.63) is 12.2 Å². The van der Waals surface area contributed by atoms with E-state index in [0.717, 1.165) is 0 Å². The van der Waals surface area contributed by atoms with Crippen LogP contribution in [0.4, 0.5) is 0 Å². The molecule has 1 heterocycles. The van der Waals surface area contributed by atoms with Crippen LogP contribution in [-0.4, -0.2) is 41.9 Å². The van der Waals surface area contributed by atoms with Crippen molar-refractivity contribution < 1.29 is 19.4 Å². The smallest absolute Gasteiger partial charge is 0.143 e. The van der Waals surface area contributed by atoms with Gasteiger partial charge in [0.25, 0.3) is 0 Å². The van der Waals surface area contributed by atoms with Gasteiger partial charge in [0.2, 0.25) is 0 Å². The molecule has 1 aliphatic heterocycles. The number of aliphatic hydroxyl groups is 1. The number of fused-ring (bicyclic) bond motifs is 1. The van der Waals surface area contributed by atoms with Crippen LogP contribution in [0.25, 0.3) is 0 Å². The summed E-state index contributed by atoms with van der Waals surface area (Å²) in [5.74, 6) is -0.463. The zero-order valence-corrected chi connectivity index (χ0v) is 13.0. The maximum Gasteiger partial charge on any atom is 0.143 e. The summed E-state index contributed by atoms with van der Waals surface area (Å²) in [6, 6.07) is 0. The molecule has 2 rings (SSSR count). The van der Waals surface area contributed by atoms with Gasteiger partial charge >= 0.3 is 0 Å². The largest absolute Gasteiger partial charge is 0.392 e. The van der Waals surface area contributed by atoms with Crippen molar-refractivity contribution >= 4 is 5.78 Å². The minimum Gasteiger partial charge on any atom is -0.392 e. The van der Waals surface area contributed by atoms with E-state index in [9.17, 15) is 9.90 Å². The van der Waals surface area contributed by atoms with Gasteiger partial charge in [-0.25, -0.2) is 0 Å². The summed E-state index contributed by atoms with van der Waals surface area (Å²) in [6.45, 7) is 7.73. The Bertz CT molecular complexity index is 399. The lowest BCUT2D eigenvalue weighted by Gasteiger charge is -2.47. The number of aliphatic hydroxyl groups excluding tert-OH is 1. The Labute approximate surface area is 121 Å². The monoisotopic (exact) mass is 282 g/mol. The second-order valence-corrected chi connectivity index (χ2v) is 6.78. The summed E-state index contributed by atoms with van der Waals surface area (Å²) >= 11 is 0. The molecule has 0 amide bonds. The predicted octanol–water partition coefficient (Wildman–Crippen LogP) is 1.96. The quantitative estimate of drug-likeness (QED) is 0.804. The molecule has 5 unspecified atom stereocenters. The summed E-state index contributed by atoms with van der Waals surface area (Å²) in [6.07, 6.45) is 3.50. The topological polar surface area (TPSA) is 55.8 Å². The molecule has 0 aromatic rings. The number of ketones is 1. The Kier molecular flexibility index (Phi) is 4.38. The molecule has 4 heteroatoms. The van der Waals surface area contributed by atoms with E-state index in [1.165, 1.54) is 0 Å². The highest BCUT2D eigenvalue weighted by Gasteiger charge is 2.49. The van der Waals surface area contributed by atoms with Gasteiger partial charge in [0.05, 0.1) is 29.8 Å². The fourth-order valence-corrected chi connectivity index (χ4v) is 3.38. The molecule has 1 saturated carbocycles. The molecule has 0 bridgehead atoms. The minimum atomic E-state index is -0.696. The maximum atomic E-state index is 12.4. The second kappa shape index (κ2) is 5.58. The van der Waals surface area contributed by atoms with E-state index in [2.05, 4.69) is 6.08 Å². The average molecular weight is 282 g/mol. The lowest BCUT2D eigenvalue weighted by molar-refractivity contribution is -0.175. The molecule has 0 saturated heterocycles. The van der Waals surface area contributed by atoms with Gasteiger partial charge in [-0.05, 0) is 13.8 Å². The number of ether oxygens (including phenoxy) is 2. The maximum absolute atomic E-state index is 12.4. The lowest BCUT2D eigenvalue weighted by atomic mass is 9.70. The predicted molar refractivity (Wildman–Crippen MR) is 76.3 cm³/mol. The summed E-state index contributed by atoms with van der Waals surface area (Å²) < 4.78 is 11.6. The van der Waals surface area contributed by atoms with Crippen molar-refractivity contribution in [2.45, 2.75) is 58.0 Å². The lowest BCUT2D eigenvalue weighted by Crippen LogP contribution is -2.56. The number of rotatable bonds is 3. The standard InChI is InChI=1S/C16H26O4/c1-9(2)14(18)13-11(17)8-12-10(15(13)19-5)6-7-16(3,4)20-12/h6-7,9-13,15,17H,8H2,1-5H3. The zero-order valence-electron chi connectivity index (χ0n) is 13.0. The van der Waals surface area contributed by atoms with E-state index in [4.69, 9.17) is 9.47 Å². The highest BCUT2D eigenvalue weighted by Crippen LogP contribution is 2.40. The highest BCUT2D eigenvalue weighted by molar-refractivity contribution is 5.84. The van der Waals surface area contributed by atoms with Gasteiger partial charge in [0.15, 0.2) is 0 Å². The number of hydrogen-bond donors (Lipinski definition) is 1. The van der Waals surface area contributed by atoms with E-state index < -0.39 is 12.0 Å². The molecule has 2 aliphatic rings. The molecule has 20 heavy (non-hydrogen) atoms. The number of methoxy groups -OCH3 is 1. The van der Waals surface area contributed by atoms with Gasteiger partial charge in [-0.15, -0.1) is 0 Å². The van der Waals surface area contributed by atoms with Gasteiger partial charge in [0.1, 0.15) is 5.78 Å². The van der Waals surface area contributed by atoms with Crippen LogP contribution >= 0.6 is 0 Å². The van der Waals surface area contributed by atoms with E-state index >= 15 is 0 Å². The van der Waals surface area contributed by atoms with Gasteiger partial charge in [-0.2, -0.15) is 0 Å². The average Bonchev–Trinajstić information content (AvgIpc) is 2.34. The fourth-order valence-electron chi connectivity index (χ4n) is 3.38. The summed E-state index contributed by atoms with van der Waals surface area (Å²) in [7, 11) is 1.61. The van der Waals surface area contributed by atoms with Crippen molar-refractivity contribution in [2.24, 2.45) is 17.8 Å². The molecule has 0 radical (unpaired) electrons. The van der Waals surface area contributed by atoms with Crippen molar-refractivity contribution in [2.75, 3.05) is 7.11 Å². The molecule has 1 aliphatic carbocycles. The number of carbonyl (C=O) groups excluding carboxylic acids is 1. The van der Waals surface area contributed by atoms with Gasteiger partial charge in [-0.1, -0.05) is 26.0 Å². The highest BCUT2D eigenvalue weighted by atomic mass is 16.5. The summed E-state index contributed by atoms with van der Waals surface area (Å²) in [5, 5.41) is 10.4. The molecule has 1 fully saturated rings. The van der Waals surface area contributed by atoms with Crippen LogP contribution in [0, 0.1) is 17.8 Å². The normalized spacial score (nSPS) is 39.6. The molecular formula is C16H26O4. The Morgan fingerprint density at radius 2 is 2.10 bits per heavy atom. The van der Waals surface area contributed by atoms with Crippen molar-refractivity contribution in [3.63, 3.8) is 0 Å². The van der Waals surface area contributed by atoms with Gasteiger partial charge in [-0.3, -0.25) is 4.79 Å². The van der Waals surface area contributed by atoms with Crippen LogP contribution in [0.15, 0.2) is 12.2 Å². The van der Waals surface area contributed by atoms with Crippen LogP contribution in [0.2, 0.25) is 0 Å². The number of hydrogen-bond acceptors (Lipinski definition) is 4. The Balaban J connectivity index is 2.29.